The standard InChI is InChI=1S/C8H6N4O/c13-5-7-1-11-12(4-7)8-2-9-6-10-3-8/h1-6H. The summed E-state index contributed by atoms with van der Waals surface area (Å²) in [5.41, 5.74) is 1.26. The zero-order valence-electron chi connectivity index (χ0n) is 6.66. The van der Waals surface area contributed by atoms with Crippen molar-refractivity contribution in [1.29, 1.82) is 0 Å². The Hall–Kier alpha value is -2.04. The number of aromatic nitrogens is 4. The number of aldehydes is 1. The Kier molecular flexibility index (Phi) is 1.84. The Morgan fingerprint density at radius 2 is 2.00 bits per heavy atom. The summed E-state index contributed by atoms with van der Waals surface area (Å²) < 4.78 is 1.55. The highest BCUT2D eigenvalue weighted by atomic mass is 16.1. The molecule has 0 saturated heterocycles. The first-order chi connectivity index (χ1) is 6.40. The molecule has 0 N–H and O–H groups in total. The fraction of sp³-hybridized carbons (Fsp3) is 0. The molecule has 0 bridgehead atoms. The molecule has 0 radical (unpaired) electrons. The van der Waals surface area contributed by atoms with E-state index in [1.165, 1.54) is 12.5 Å². The summed E-state index contributed by atoms with van der Waals surface area (Å²) in [5.74, 6) is 0. The van der Waals surface area contributed by atoms with Crippen molar-refractivity contribution in [2.24, 2.45) is 0 Å². The predicted octanol–water partition coefficient (Wildman–Crippen LogP) is 0.475. The third-order valence-corrected chi connectivity index (χ3v) is 1.55. The Labute approximate surface area is 74.1 Å². The van der Waals surface area contributed by atoms with Crippen LogP contribution in [0.25, 0.3) is 5.69 Å². The zero-order valence-corrected chi connectivity index (χ0v) is 6.66. The molecule has 0 aromatic carbocycles. The van der Waals surface area contributed by atoms with Gasteiger partial charge in [0, 0.05) is 6.20 Å². The average molecular weight is 174 g/mol. The van der Waals surface area contributed by atoms with E-state index in [2.05, 4.69) is 15.1 Å². The van der Waals surface area contributed by atoms with E-state index < -0.39 is 0 Å². The lowest BCUT2D eigenvalue weighted by molar-refractivity contribution is 0.112. The van der Waals surface area contributed by atoms with E-state index in [1.54, 1.807) is 23.3 Å². The van der Waals surface area contributed by atoms with Crippen molar-refractivity contribution in [2.75, 3.05) is 0 Å². The number of carbonyl (C=O) groups is 1. The summed E-state index contributed by atoms with van der Waals surface area (Å²) >= 11 is 0. The summed E-state index contributed by atoms with van der Waals surface area (Å²) in [7, 11) is 0. The third kappa shape index (κ3) is 1.44. The lowest BCUT2D eigenvalue weighted by Crippen LogP contribution is -1.95. The highest BCUT2D eigenvalue weighted by molar-refractivity contribution is 5.73. The van der Waals surface area contributed by atoms with Crippen LogP contribution in [0.5, 0.6) is 0 Å². The second-order valence-corrected chi connectivity index (χ2v) is 2.43. The number of nitrogens with zero attached hydrogens (tertiary/aromatic N) is 4. The minimum atomic E-state index is 0.531. The fourth-order valence-electron chi connectivity index (χ4n) is 0.948. The van der Waals surface area contributed by atoms with Gasteiger partial charge in [0.15, 0.2) is 6.29 Å². The van der Waals surface area contributed by atoms with Crippen molar-refractivity contribution in [3.63, 3.8) is 0 Å². The lowest BCUT2D eigenvalue weighted by atomic mass is 10.4. The summed E-state index contributed by atoms with van der Waals surface area (Å²) in [5, 5.41) is 3.96. The van der Waals surface area contributed by atoms with Gasteiger partial charge in [-0.05, 0) is 0 Å². The van der Waals surface area contributed by atoms with Crippen LogP contribution >= 0.6 is 0 Å². The maximum absolute atomic E-state index is 10.4. The Morgan fingerprint density at radius 1 is 1.23 bits per heavy atom. The molecule has 5 heteroatoms. The van der Waals surface area contributed by atoms with Crippen LogP contribution < -0.4 is 0 Å². The molecule has 2 heterocycles. The van der Waals surface area contributed by atoms with Crippen molar-refractivity contribution in [3.8, 4) is 5.69 Å². The smallest absolute Gasteiger partial charge is 0.153 e. The first kappa shape index (κ1) is 7.60. The van der Waals surface area contributed by atoms with Gasteiger partial charge in [0.25, 0.3) is 0 Å². The topological polar surface area (TPSA) is 60.7 Å². The summed E-state index contributed by atoms with van der Waals surface area (Å²) in [6.45, 7) is 0. The third-order valence-electron chi connectivity index (χ3n) is 1.55. The molecular weight excluding hydrogens is 168 g/mol. The van der Waals surface area contributed by atoms with Gasteiger partial charge in [0.05, 0.1) is 24.2 Å². The van der Waals surface area contributed by atoms with Crippen LogP contribution in [0.15, 0.2) is 31.1 Å². The van der Waals surface area contributed by atoms with Gasteiger partial charge in [-0.3, -0.25) is 4.79 Å². The highest BCUT2D eigenvalue weighted by Crippen LogP contribution is 2.02. The van der Waals surface area contributed by atoms with Gasteiger partial charge >= 0.3 is 0 Å². The SMILES string of the molecule is O=Cc1cnn(-c2cncnc2)c1. The van der Waals surface area contributed by atoms with E-state index in [4.69, 9.17) is 0 Å². The van der Waals surface area contributed by atoms with Gasteiger partial charge in [0.1, 0.15) is 12.0 Å². The molecule has 5 nitrogen and oxygen atoms in total. The van der Waals surface area contributed by atoms with Crippen molar-refractivity contribution in [1.82, 2.24) is 19.7 Å². The van der Waals surface area contributed by atoms with Crippen LogP contribution in [0.2, 0.25) is 0 Å². The van der Waals surface area contributed by atoms with E-state index in [0.717, 1.165) is 12.0 Å². The Morgan fingerprint density at radius 3 is 2.62 bits per heavy atom. The van der Waals surface area contributed by atoms with Crippen molar-refractivity contribution >= 4 is 6.29 Å². The highest BCUT2D eigenvalue weighted by Gasteiger charge is 1.98. The van der Waals surface area contributed by atoms with Crippen LogP contribution in [0, 0.1) is 0 Å². The minimum Gasteiger partial charge on any atom is -0.298 e. The average Bonchev–Trinajstić information content (AvgIpc) is 2.67. The summed E-state index contributed by atoms with van der Waals surface area (Å²) in [6, 6.07) is 0. The molecule has 0 amide bonds. The van der Waals surface area contributed by atoms with Crippen LogP contribution in [0.4, 0.5) is 0 Å². The van der Waals surface area contributed by atoms with E-state index in [9.17, 15) is 4.79 Å². The van der Waals surface area contributed by atoms with Crippen LogP contribution in [0.1, 0.15) is 10.4 Å². The lowest BCUT2D eigenvalue weighted by Gasteiger charge is -1.96. The molecule has 13 heavy (non-hydrogen) atoms. The monoisotopic (exact) mass is 174 g/mol. The molecule has 0 spiro atoms. The van der Waals surface area contributed by atoms with Gasteiger partial charge in [-0.2, -0.15) is 5.10 Å². The van der Waals surface area contributed by atoms with Gasteiger partial charge in [-0.1, -0.05) is 0 Å². The second-order valence-electron chi connectivity index (χ2n) is 2.43. The summed E-state index contributed by atoms with van der Waals surface area (Å²) in [6.07, 6.45) is 8.52. The molecule has 2 rings (SSSR count). The van der Waals surface area contributed by atoms with E-state index in [0.29, 0.717) is 5.56 Å². The first-order valence-electron chi connectivity index (χ1n) is 3.65. The van der Waals surface area contributed by atoms with E-state index in [-0.39, 0.29) is 0 Å². The van der Waals surface area contributed by atoms with Gasteiger partial charge in [0.2, 0.25) is 0 Å². The number of hydrogen-bond donors (Lipinski definition) is 0. The summed E-state index contributed by atoms with van der Waals surface area (Å²) in [4.78, 5) is 18.0. The number of rotatable bonds is 2. The van der Waals surface area contributed by atoms with Gasteiger partial charge in [-0.15, -0.1) is 0 Å². The molecule has 2 aromatic rings. The zero-order chi connectivity index (χ0) is 9.10. The molecule has 0 atom stereocenters. The van der Waals surface area contributed by atoms with Crippen molar-refractivity contribution in [3.05, 3.63) is 36.7 Å². The van der Waals surface area contributed by atoms with E-state index in [1.807, 2.05) is 0 Å². The maximum Gasteiger partial charge on any atom is 0.153 e. The molecule has 64 valence electrons. The van der Waals surface area contributed by atoms with Crippen molar-refractivity contribution < 1.29 is 4.79 Å². The molecule has 0 aliphatic rings. The van der Waals surface area contributed by atoms with Crippen LogP contribution in [-0.2, 0) is 0 Å². The Balaban J connectivity index is 2.41. The quantitative estimate of drug-likeness (QED) is 0.621. The largest absolute Gasteiger partial charge is 0.298 e. The number of carbonyl (C=O) groups excluding carboxylic acids is 1. The number of hydrogen-bond acceptors (Lipinski definition) is 4. The van der Waals surface area contributed by atoms with Gasteiger partial charge in [-0.25, -0.2) is 14.6 Å². The molecule has 0 fully saturated rings. The van der Waals surface area contributed by atoms with E-state index >= 15 is 0 Å². The van der Waals surface area contributed by atoms with Crippen LogP contribution in [0.3, 0.4) is 0 Å². The molecule has 0 aliphatic carbocycles. The predicted molar refractivity (Wildman–Crippen MR) is 44.5 cm³/mol. The first-order valence-corrected chi connectivity index (χ1v) is 3.65. The van der Waals surface area contributed by atoms with Gasteiger partial charge < -0.3 is 0 Å². The maximum atomic E-state index is 10.4. The van der Waals surface area contributed by atoms with Crippen LogP contribution in [-0.4, -0.2) is 26.0 Å². The molecule has 0 unspecified atom stereocenters. The molecular formula is C8H6N4O. The normalized spacial score (nSPS) is 9.85. The minimum absolute atomic E-state index is 0.531. The molecule has 0 aliphatic heterocycles. The van der Waals surface area contributed by atoms with Crippen molar-refractivity contribution in [2.45, 2.75) is 0 Å². The Bertz CT molecular complexity index is 409. The molecule has 0 saturated carbocycles. The second kappa shape index (κ2) is 3.14. The molecule has 2 aromatic heterocycles. The fourth-order valence-corrected chi connectivity index (χ4v) is 0.948.